The van der Waals surface area contributed by atoms with Crippen LogP contribution in [0.1, 0.15) is 25.3 Å². The number of nitrogens with zero attached hydrogens (tertiary/aromatic N) is 1. The monoisotopic (exact) mass is 381 g/mol. The lowest BCUT2D eigenvalue weighted by Crippen LogP contribution is -2.35. The number of hydrogen-bond donors (Lipinski definition) is 2. The molecule has 148 valence electrons. The van der Waals surface area contributed by atoms with E-state index in [1.54, 1.807) is 7.11 Å². The van der Waals surface area contributed by atoms with Gasteiger partial charge in [0.05, 0.1) is 7.11 Å². The molecule has 2 amide bonds. The maximum absolute atomic E-state index is 12.1. The van der Waals surface area contributed by atoms with Gasteiger partial charge in [-0.2, -0.15) is 0 Å². The highest BCUT2D eigenvalue weighted by molar-refractivity contribution is 6.39. The van der Waals surface area contributed by atoms with Crippen LogP contribution in [0.15, 0.2) is 48.5 Å². The molecule has 2 N–H and O–H groups in total. The predicted molar refractivity (Wildman–Crippen MR) is 111 cm³/mol. The van der Waals surface area contributed by atoms with E-state index in [1.807, 2.05) is 48.5 Å². The summed E-state index contributed by atoms with van der Waals surface area (Å²) in [4.78, 5) is 26.5. The summed E-state index contributed by atoms with van der Waals surface area (Å²) in [5.74, 6) is 0.194. The Kier molecular flexibility index (Phi) is 6.53. The topological polar surface area (TPSA) is 70.7 Å². The molecule has 0 aliphatic carbocycles. The van der Waals surface area contributed by atoms with Crippen LogP contribution in [0.3, 0.4) is 0 Å². The lowest BCUT2D eigenvalue weighted by Gasteiger charge is -2.32. The van der Waals surface area contributed by atoms with Gasteiger partial charge in [-0.1, -0.05) is 19.1 Å². The van der Waals surface area contributed by atoms with E-state index >= 15 is 0 Å². The van der Waals surface area contributed by atoms with Gasteiger partial charge in [-0.25, -0.2) is 0 Å². The molecule has 0 radical (unpaired) electrons. The highest BCUT2D eigenvalue weighted by Crippen LogP contribution is 2.24. The van der Waals surface area contributed by atoms with Crippen molar-refractivity contribution in [2.24, 2.45) is 5.92 Å². The Bertz CT molecular complexity index is 795. The van der Waals surface area contributed by atoms with E-state index in [1.165, 1.54) is 12.8 Å². The van der Waals surface area contributed by atoms with Crippen molar-refractivity contribution >= 4 is 23.2 Å². The zero-order chi connectivity index (χ0) is 19.9. The highest BCUT2D eigenvalue weighted by atomic mass is 16.5. The molecule has 2 aromatic carbocycles. The molecule has 1 aliphatic heterocycles. The van der Waals surface area contributed by atoms with Gasteiger partial charge in [0.1, 0.15) is 5.75 Å². The average Bonchev–Trinajstić information content (AvgIpc) is 2.73. The highest BCUT2D eigenvalue weighted by Gasteiger charge is 2.17. The molecule has 0 spiro atoms. The van der Waals surface area contributed by atoms with Crippen LogP contribution < -0.4 is 20.3 Å². The zero-order valence-electron chi connectivity index (χ0n) is 16.4. The lowest BCUT2D eigenvalue weighted by molar-refractivity contribution is -0.136. The van der Waals surface area contributed by atoms with Gasteiger partial charge in [0.15, 0.2) is 0 Å². The van der Waals surface area contributed by atoms with Crippen molar-refractivity contribution in [3.05, 3.63) is 54.1 Å². The molecule has 0 saturated carbocycles. The third-order valence-electron chi connectivity index (χ3n) is 5.09. The summed E-state index contributed by atoms with van der Waals surface area (Å²) in [5, 5.41) is 5.27. The number of rotatable bonds is 5. The summed E-state index contributed by atoms with van der Waals surface area (Å²) in [6.07, 6.45) is 2.40. The molecule has 1 saturated heterocycles. The van der Waals surface area contributed by atoms with Crippen LogP contribution in [0.4, 0.5) is 11.4 Å². The number of nitrogens with one attached hydrogen (secondary N) is 2. The number of piperidine rings is 1. The lowest BCUT2D eigenvalue weighted by atomic mass is 9.99. The van der Waals surface area contributed by atoms with Gasteiger partial charge in [-0.15, -0.1) is 0 Å². The number of carbonyl (C=O) groups is 2. The van der Waals surface area contributed by atoms with Crippen LogP contribution in [0.25, 0.3) is 0 Å². The fourth-order valence-electron chi connectivity index (χ4n) is 3.22. The molecule has 1 heterocycles. The van der Waals surface area contributed by atoms with Gasteiger partial charge in [0, 0.05) is 31.0 Å². The molecule has 0 aromatic heterocycles. The first-order valence-electron chi connectivity index (χ1n) is 9.62. The van der Waals surface area contributed by atoms with Crippen LogP contribution in [-0.2, 0) is 16.1 Å². The maximum Gasteiger partial charge on any atom is 0.313 e. The Morgan fingerprint density at radius 2 is 1.64 bits per heavy atom. The third kappa shape index (κ3) is 5.25. The molecule has 2 aromatic rings. The fourth-order valence-corrected chi connectivity index (χ4v) is 3.22. The number of ether oxygens (including phenoxy) is 1. The van der Waals surface area contributed by atoms with E-state index in [4.69, 9.17) is 4.74 Å². The van der Waals surface area contributed by atoms with E-state index in [0.717, 1.165) is 36.0 Å². The minimum Gasteiger partial charge on any atom is -0.497 e. The van der Waals surface area contributed by atoms with E-state index in [2.05, 4.69) is 22.5 Å². The Morgan fingerprint density at radius 1 is 1.00 bits per heavy atom. The van der Waals surface area contributed by atoms with Crippen molar-refractivity contribution in [1.82, 2.24) is 5.32 Å². The summed E-state index contributed by atoms with van der Waals surface area (Å²) < 4.78 is 5.10. The quantitative estimate of drug-likeness (QED) is 0.781. The predicted octanol–water partition coefficient (Wildman–Crippen LogP) is 3.19. The van der Waals surface area contributed by atoms with Crippen molar-refractivity contribution in [3.63, 3.8) is 0 Å². The van der Waals surface area contributed by atoms with Crippen LogP contribution in [-0.4, -0.2) is 32.0 Å². The van der Waals surface area contributed by atoms with Crippen LogP contribution in [0, 0.1) is 5.92 Å². The number of benzene rings is 2. The summed E-state index contributed by atoms with van der Waals surface area (Å²) >= 11 is 0. The molecule has 1 fully saturated rings. The first-order chi connectivity index (χ1) is 13.5. The van der Waals surface area contributed by atoms with Crippen molar-refractivity contribution in [2.75, 3.05) is 30.4 Å². The summed E-state index contributed by atoms with van der Waals surface area (Å²) in [5.41, 5.74) is 2.65. The second-order valence-electron chi connectivity index (χ2n) is 7.20. The standard InChI is InChI=1S/C22H27N3O3/c1-16-11-13-25(14-12-16)19-7-5-18(6-8-19)24-22(27)21(26)23-15-17-3-9-20(28-2)10-4-17/h3-10,16H,11-15H2,1-2H3,(H,23,26)(H,24,27). The first-order valence-corrected chi connectivity index (χ1v) is 9.62. The van der Waals surface area contributed by atoms with Gasteiger partial charge in [-0.05, 0) is 60.7 Å². The van der Waals surface area contributed by atoms with Gasteiger partial charge in [0.2, 0.25) is 0 Å². The Labute approximate surface area is 165 Å². The molecule has 6 heteroatoms. The first kappa shape index (κ1) is 19.7. The molecule has 1 aliphatic rings. The smallest absolute Gasteiger partial charge is 0.313 e. The van der Waals surface area contributed by atoms with Crippen molar-refractivity contribution < 1.29 is 14.3 Å². The van der Waals surface area contributed by atoms with Crippen molar-refractivity contribution in [1.29, 1.82) is 0 Å². The molecule has 6 nitrogen and oxygen atoms in total. The van der Waals surface area contributed by atoms with E-state index < -0.39 is 11.8 Å². The number of hydrogen-bond acceptors (Lipinski definition) is 4. The van der Waals surface area contributed by atoms with Gasteiger partial charge >= 0.3 is 11.8 Å². The Morgan fingerprint density at radius 3 is 2.25 bits per heavy atom. The molecule has 28 heavy (non-hydrogen) atoms. The third-order valence-corrected chi connectivity index (χ3v) is 5.09. The van der Waals surface area contributed by atoms with Crippen LogP contribution in [0.2, 0.25) is 0 Å². The molecule has 0 bridgehead atoms. The molecule has 0 atom stereocenters. The minimum atomic E-state index is -0.673. The minimum absolute atomic E-state index is 0.280. The van der Waals surface area contributed by atoms with E-state index in [0.29, 0.717) is 5.69 Å². The molecular formula is C22H27N3O3. The summed E-state index contributed by atoms with van der Waals surface area (Å²) in [7, 11) is 1.60. The van der Waals surface area contributed by atoms with Crippen LogP contribution >= 0.6 is 0 Å². The van der Waals surface area contributed by atoms with Gasteiger partial charge in [-0.3, -0.25) is 9.59 Å². The normalized spacial score (nSPS) is 14.4. The van der Waals surface area contributed by atoms with Gasteiger partial charge in [0.25, 0.3) is 0 Å². The number of amides is 2. The van der Waals surface area contributed by atoms with Gasteiger partial charge < -0.3 is 20.3 Å². The Hall–Kier alpha value is -3.02. The van der Waals surface area contributed by atoms with E-state index in [-0.39, 0.29) is 6.54 Å². The molecular weight excluding hydrogens is 354 g/mol. The van der Waals surface area contributed by atoms with Crippen molar-refractivity contribution in [2.45, 2.75) is 26.3 Å². The largest absolute Gasteiger partial charge is 0.497 e. The second-order valence-corrected chi connectivity index (χ2v) is 7.20. The Balaban J connectivity index is 1.48. The van der Waals surface area contributed by atoms with Crippen LogP contribution in [0.5, 0.6) is 5.75 Å². The molecule has 3 rings (SSSR count). The van der Waals surface area contributed by atoms with E-state index in [9.17, 15) is 9.59 Å². The SMILES string of the molecule is COc1ccc(CNC(=O)C(=O)Nc2ccc(N3CCC(C)CC3)cc2)cc1. The average molecular weight is 381 g/mol. The zero-order valence-corrected chi connectivity index (χ0v) is 16.4. The maximum atomic E-state index is 12.1. The summed E-state index contributed by atoms with van der Waals surface area (Å²) in [6, 6.07) is 15.0. The second kappa shape index (κ2) is 9.26. The number of anilines is 2. The molecule has 0 unspecified atom stereocenters. The van der Waals surface area contributed by atoms with Crippen molar-refractivity contribution in [3.8, 4) is 5.75 Å². The fraction of sp³-hybridized carbons (Fsp3) is 0.364. The summed E-state index contributed by atoms with van der Waals surface area (Å²) in [6.45, 7) is 4.68. The number of carbonyl (C=O) groups excluding carboxylic acids is 2. The number of methoxy groups -OCH3 is 1.